The summed E-state index contributed by atoms with van der Waals surface area (Å²) in [6, 6.07) is 4.22. The molecular formula is C15H20Cl2N4OS. The zero-order chi connectivity index (χ0) is 14.8. The van der Waals surface area contributed by atoms with Crippen molar-refractivity contribution < 1.29 is 4.79 Å². The van der Waals surface area contributed by atoms with Crippen LogP contribution in [-0.2, 0) is 0 Å². The molecule has 5 nitrogen and oxygen atoms in total. The molecule has 0 spiro atoms. The van der Waals surface area contributed by atoms with E-state index in [0.717, 1.165) is 23.7 Å². The summed E-state index contributed by atoms with van der Waals surface area (Å²) in [6.07, 6.45) is 5.15. The number of thiazole rings is 1. The Morgan fingerprint density at radius 1 is 1.22 bits per heavy atom. The van der Waals surface area contributed by atoms with Crippen LogP contribution in [-0.4, -0.2) is 45.9 Å². The number of hydrogen-bond donors (Lipinski definition) is 1. The van der Waals surface area contributed by atoms with Gasteiger partial charge < -0.3 is 10.2 Å². The highest BCUT2D eigenvalue weighted by atomic mass is 35.5. The van der Waals surface area contributed by atoms with E-state index in [1.807, 2.05) is 17.0 Å². The van der Waals surface area contributed by atoms with Crippen LogP contribution in [0.5, 0.6) is 0 Å². The second-order valence-corrected chi connectivity index (χ2v) is 6.36. The minimum atomic E-state index is 0. The Morgan fingerprint density at radius 2 is 1.83 bits per heavy atom. The third-order valence-electron chi connectivity index (χ3n) is 3.71. The van der Waals surface area contributed by atoms with Crippen molar-refractivity contribution in [2.75, 3.05) is 13.1 Å². The molecule has 2 aromatic rings. The number of nitrogens with zero attached hydrogens (tertiary/aromatic N) is 3. The molecule has 1 fully saturated rings. The Kier molecular flexibility index (Phi) is 7.41. The lowest BCUT2D eigenvalue weighted by Gasteiger charge is -2.39. The van der Waals surface area contributed by atoms with Crippen molar-refractivity contribution in [3.05, 3.63) is 35.6 Å². The Labute approximate surface area is 152 Å². The highest BCUT2D eigenvalue weighted by molar-refractivity contribution is 7.16. The van der Waals surface area contributed by atoms with Gasteiger partial charge in [-0.15, -0.1) is 36.2 Å². The molecule has 23 heavy (non-hydrogen) atoms. The zero-order valence-electron chi connectivity index (χ0n) is 12.9. The third kappa shape index (κ3) is 4.20. The van der Waals surface area contributed by atoms with Crippen LogP contribution in [0.2, 0.25) is 0 Å². The number of carbonyl (C=O) groups is 1. The number of hydrogen-bond acceptors (Lipinski definition) is 5. The quantitative estimate of drug-likeness (QED) is 0.877. The van der Waals surface area contributed by atoms with E-state index in [4.69, 9.17) is 0 Å². The van der Waals surface area contributed by atoms with Gasteiger partial charge in [0.05, 0.1) is 6.20 Å². The molecule has 1 N–H and O–H groups in total. The average Bonchev–Trinajstić information content (AvgIpc) is 2.97. The number of piperazine rings is 1. The molecule has 0 aliphatic carbocycles. The molecule has 1 saturated heterocycles. The van der Waals surface area contributed by atoms with Crippen LogP contribution < -0.4 is 5.32 Å². The minimum Gasteiger partial charge on any atom is -0.330 e. The summed E-state index contributed by atoms with van der Waals surface area (Å²) >= 11 is 1.44. The maximum Gasteiger partial charge on any atom is 0.266 e. The van der Waals surface area contributed by atoms with Crippen molar-refractivity contribution in [2.45, 2.75) is 25.9 Å². The van der Waals surface area contributed by atoms with E-state index in [9.17, 15) is 4.79 Å². The fourth-order valence-electron chi connectivity index (χ4n) is 2.66. The standard InChI is InChI=1S/C15H18N4OS.2ClH/c1-10-7-17-8-11(2)19(10)15(20)13-9-18-14(21-13)12-3-5-16-6-4-12;;/h3-6,9-11,17H,7-8H2,1-2H3;2*1H. The van der Waals surface area contributed by atoms with Gasteiger partial charge in [0.1, 0.15) is 9.88 Å². The van der Waals surface area contributed by atoms with Gasteiger partial charge in [0, 0.05) is 43.1 Å². The molecule has 126 valence electrons. The van der Waals surface area contributed by atoms with Crippen molar-refractivity contribution in [1.29, 1.82) is 0 Å². The molecule has 1 amide bonds. The van der Waals surface area contributed by atoms with Crippen molar-refractivity contribution in [3.63, 3.8) is 0 Å². The molecule has 0 aromatic carbocycles. The molecule has 2 aromatic heterocycles. The molecular weight excluding hydrogens is 355 g/mol. The number of halogens is 2. The first kappa shape index (κ1) is 19.8. The molecule has 8 heteroatoms. The van der Waals surface area contributed by atoms with Gasteiger partial charge >= 0.3 is 0 Å². The topological polar surface area (TPSA) is 58.1 Å². The monoisotopic (exact) mass is 374 g/mol. The summed E-state index contributed by atoms with van der Waals surface area (Å²) in [5.41, 5.74) is 0.996. The van der Waals surface area contributed by atoms with Crippen LogP contribution in [0.15, 0.2) is 30.7 Å². The Morgan fingerprint density at radius 3 is 2.43 bits per heavy atom. The Hall–Kier alpha value is -1.21. The fraction of sp³-hybridized carbons (Fsp3) is 0.400. The average molecular weight is 375 g/mol. The predicted octanol–water partition coefficient (Wildman–Crippen LogP) is 2.87. The molecule has 3 rings (SSSR count). The number of amides is 1. The lowest BCUT2D eigenvalue weighted by Crippen LogP contribution is -2.57. The largest absolute Gasteiger partial charge is 0.330 e. The van der Waals surface area contributed by atoms with Crippen LogP contribution in [0.4, 0.5) is 0 Å². The third-order valence-corrected chi connectivity index (χ3v) is 4.74. The normalized spacial score (nSPS) is 20.3. The Bertz CT molecular complexity index is 627. The van der Waals surface area contributed by atoms with E-state index >= 15 is 0 Å². The fourth-order valence-corrected chi connectivity index (χ4v) is 3.53. The predicted molar refractivity (Wildman–Crippen MR) is 97.8 cm³/mol. The highest BCUT2D eigenvalue weighted by Crippen LogP contribution is 2.26. The first-order chi connectivity index (χ1) is 10.2. The van der Waals surface area contributed by atoms with Crippen molar-refractivity contribution in [1.82, 2.24) is 20.2 Å². The molecule has 3 heterocycles. The SMILES string of the molecule is CC1CNCC(C)N1C(=O)c1cnc(-c2ccncc2)s1.Cl.Cl. The van der Waals surface area contributed by atoms with Gasteiger partial charge in [0.15, 0.2) is 0 Å². The second-order valence-electron chi connectivity index (χ2n) is 5.33. The van der Waals surface area contributed by atoms with E-state index in [0.29, 0.717) is 4.88 Å². The molecule has 2 atom stereocenters. The number of carbonyl (C=O) groups excluding carboxylic acids is 1. The van der Waals surface area contributed by atoms with Gasteiger partial charge in [0.2, 0.25) is 0 Å². The van der Waals surface area contributed by atoms with E-state index in [1.54, 1.807) is 18.6 Å². The first-order valence-electron chi connectivity index (χ1n) is 7.06. The maximum absolute atomic E-state index is 12.7. The molecule has 1 aliphatic heterocycles. The van der Waals surface area contributed by atoms with Crippen LogP contribution in [0.3, 0.4) is 0 Å². The summed E-state index contributed by atoms with van der Waals surface area (Å²) < 4.78 is 0. The van der Waals surface area contributed by atoms with Crippen LogP contribution in [0.25, 0.3) is 10.6 Å². The molecule has 0 radical (unpaired) electrons. The number of rotatable bonds is 2. The second kappa shape index (κ2) is 8.59. The lowest BCUT2D eigenvalue weighted by atomic mass is 10.1. The van der Waals surface area contributed by atoms with Crippen LogP contribution in [0, 0.1) is 0 Å². The number of aromatic nitrogens is 2. The smallest absolute Gasteiger partial charge is 0.266 e. The van der Waals surface area contributed by atoms with Gasteiger partial charge in [-0.1, -0.05) is 0 Å². The number of pyridine rings is 1. The van der Waals surface area contributed by atoms with Gasteiger partial charge in [-0.25, -0.2) is 4.98 Å². The minimum absolute atomic E-state index is 0. The van der Waals surface area contributed by atoms with E-state index in [1.165, 1.54) is 11.3 Å². The molecule has 0 saturated carbocycles. The van der Waals surface area contributed by atoms with E-state index in [-0.39, 0.29) is 42.8 Å². The van der Waals surface area contributed by atoms with Crippen molar-refractivity contribution in [2.24, 2.45) is 0 Å². The number of nitrogens with one attached hydrogen (secondary N) is 1. The summed E-state index contributed by atoms with van der Waals surface area (Å²) in [4.78, 5) is 23.8. The van der Waals surface area contributed by atoms with Crippen molar-refractivity contribution >= 4 is 42.1 Å². The van der Waals surface area contributed by atoms with Crippen LogP contribution in [0.1, 0.15) is 23.5 Å². The van der Waals surface area contributed by atoms with Gasteiger partial charge in [0.25, 0.3) is 5.91 Å². The van der Waals surface area contributed by atoms with Gasteiger partial charge in [-0.3, -0.25) is 9.78 Å². The summed E-state index contributed by atoms with van der Waals surface area (Å²) in [6.45, 7) is 5.83. The molecule has 2 unspecified atom stereocenters. The molecule has 0 bridgehead atoms. The first-order valence-corrected chi connectivity index (χ1v) is 7.88. The molecule has 1 aliphatic rings. The zero-order valence-corrected chi connectivity index (χ0v) is 15.4. The van der Waals surface area contributed by atoms with Gasteiger partial charge in [-0.05, 0) is 26.0 Å². The maximum atomic E-state index is 12.7. The summed E-state index contributed by atoms with van der Waals surface area (Å²) in [5, 5.41) is 4.20. The van der Waals surface area contributed by atoms with Gasteiger partial charge in [-0.2, -0.15) is 0 Å². The van der Waals surface area contributed by atoms with E-state index in [2.05, 4.69) is 29.1 Å². The van der Waals surface area contributed by atoms with Crippen LogP contribution >= 0.6 is 36.2 Å². The highest BCUT2D eigenvalue weighted by Gasteiger charge is 2.30. The summed E-state index contributed by atoms with van der Waals surface area (Å²) in [5.74, 6) is 0.0781. The summed E-state index contributed by atoms with van der Waals surface area (Å²) in [7, 11) is 0. The van der Waals surface area contributed by atoms with Crippen molar-refractivity contribution in [3.8, 4) is 10.6 Å². The van der Waals surface area contributed by atoms with E-state index < -0.39 is 0 Å². The Balaban J connectivity index is 0.00000132. The lowest BCUT2D eigenvalue weighted by molar-refractivity contribution is 0.0549.